The highest BCUT2D eigenvalue weighted by Gasteiger charge is 2.49. The van der Waals surface area contributed by atoms with Gasteiger partial charge in [-0.25, -0.2) is 4.98 Å². The highest BCUT2D eigenvalue weighted by atomic mass is 35.5. The first kappa shape index (κ1) is 11.2. The molecule has 98 valence electrons. The van der Waals surface area contributed by atoms with Gasteiger partial charge in [0, 0.05) is 18.3 Å². The van der Waals surface area contributed by atoms with Crippen LogP contribution in [0.15, 0.2) is 6.07 Å². The third-order valence-electron chi connectivity index (χ3n) is 3.59. The fraction of sp³-hybridized carbons (Fsp3) is 0.417. The molecule has 2 aromatic rings. The van der Waals surface area contributed by atoms with Gasteiger partial charge in [0.05, 0.1) is 18.9 Å². The summed E-state index contributed by atoms with van der Waals surface area (Å²) in [5, 5.41) is 12.9. The standard InChI is InChI=1S/C12H12ClN5O/c1-6-3-7-8-10(17-18(2)16-8)12(4-19-5-12)15-9(7)11(13)14-6/h3,15H,4-5H2,1-2H3. The molecule has 1 N–H and O–H groups in total. The fourth-order valence-corrected chi connectivity index (χ4v) is 2.95. The zero-order valence-electron chi connectivity index (χ0n) is 10.6. The van der Waals surface area contributed by atoms with E-state index >= 15 is 0 Å². The minimum atomic E-state index is -0.308. The Hall–Kier alpha value is -1.66. The van der Waals surface area contributed by atoms with Crippen molar-refractivity contribution in [1.82, 2.24) is 20.0 Å². The van der Waals surface area contributed by atoms with Gasteiger partial charge < -0.3 is 10.1 Å². The summed E-state index contributed by atoms with van der Waals surface area (Å²) in [6, 6.07) is 1.98. The van der Waals surface area contributed by atoms with Crippen LogP contribution in [0.25, 0.3) is 11.3 Å². The first-order valence-corrected chi connectivity index (χ1v) is 6.42. The summed E-state index contributed by atoms with van der Waals surface area (Å²) < 4.78 is 5.36. The molecule has 0 amide bonds. The van der Waals surface area contributed by atoms with Gasteiger partial charge in [0.25, 0.3) is 0 Å². The van der Waals surface area contributed by atoms with Gasteiger partial charge in [-0.2, -0.15) is 15.0 Å². The molecule has 0 aliphatic carbocycles. The van der Waals surface area contributed by atoms with Crippen LogP contribution in [-0.4, -0.2) is 33.2 Å². The minimum absolute atomic E-state index is 0.308. The van der Waals surface area contributed by atoms with Crippen molar-refractivity contribution in [2.24, 2.45) is 7.05 Å². The van der Waals surface area contributed by atoms with E-state index in [1.165, 1.54) is 0 Å². The third kappa shape index (κ3) is 1.38. The monoisotopic (exact) mass is 277 g/mol. The number of nitrogens with zero attached hydrogens (tertiary/aromatic N) is 4. The van der Waals surface area contributed by atoms with Crippen molar-refractivity contribution < 1.29 is 4.74 Å². The van der Waals surface area contributed by atoms with Crippen molar-refractivity contribution in [3.05, 3.63) is 22.6 Å². The number of hydrogen-bond acceptors (Lipinski definition) is 5. The molecule has 2 aliphatic rings. The Kier molecular flexibility index (Phi) is 2.04. The van der Waals surface area contributed by atoms with Crippen molar-refractivity contribution in [2.45, 2.75) is 12.5 Å². The normalized spacial score (nSPS) is 18.5. The lowest BCUT2D eigenvalue weighted by Gasteiger charge is -2.44. The number of hydrogen-bond donors (Lipinski definition) is 1. The third-order valence-corrected chi connectivity index (χ3v) is 3.86. The number of nitrogens with one attached hydrogen (secondary N) is 1. The summed E-state index contributed by atoms with van der Waals surface area (Å²) in [6.45, 7) is 3.06. The van der Waals surface area contributed by atoms with Crippen molar-refractivity contribution in [2.75, 3.05) is 18.5 Å². The first-order valence-electron chi connectivity index (χ1n) is 6.04. The number of halogens is 1. The van der Waals surface area contributed by atoms with Gasteiger partial charge in [0.1, 0.15) is 16.9 Å². The summed E-state index contributed by atoms with van der Waals surface area (Å²) in [5.41, 5.74) is 4.13. The maximum Gasteiger partial charge on any atom is 0.153 e. The van der Waals surface area contributed by atoms with Crippen LogP contribution >= 0.6 is 11.6 Å². The Bertz CT molecular complexity index is 692. The van der Waals surface area contributed by atoms with E-state index in [1.54, 1.807) is 4.80 Å². The van der Waals surface area contributed by atoms with Crippen molar-refractivity contribution in [3.8, 4) is 11.3 Å². The largest absolute Gasteiger partial charge is 0.376 e. The molecule has 19 heavy (non-hydrogen) atoms. The summed E-state index contributed by atoms with van der Waals surface area (Å²) in [5.74, 6) is 0. The smallest absolute Gasteiger partial charge is 0.153 e. The second kappa shape index (κ2) is 3.46. The number of ether oxygens (including phenoxy) is 1. The molecule has 2 aromatic heterocycles. The predicted molar refractivity (Wildman–Crippen MR) is 70.1 cm³/mol. The molecule has 7 heteroatoms. The number of aryl methyl sites for hydroxylation is 2. The summed E-state index contributed by atoms with van der Waals surface area (Å²) >= 11 is 6.26. The van der Waals surface area contributed by atoms with Gasteiger partial charge in [0.2, 0.25) is 0 Å². The lowest BCUT2D eigenvalue weighted by Crippen LogP contribution is -2.54. The average molecular weight is 278 g/mol. The van der Waals surface area contributed by atoms with Gasteiger partial charge in [-0.3, -0.25) is 0 Å². The second-order valence-electron chi connectivity index (χ2n) is 5.06. The highest BCUT2D eigenvalue weighted by Crippen LogP contribution is 2.47. The van der Waals surface area contributed by atoms with Crippen LogP contribution in [0.3, 0.4) is 0 Å². The first-order chi connectivity index (χ1) is 9.09. The molecule has 6 nitrogen and oxygen atoms in total. The Labute approximate surface area is 114 Å². The van der Waals surface area contributed by atoms with Gasteiger partial charge >= 0.3 is 0 Å². The van der Waals surface area contributed by atoms with Crippen LogP contribution in [0.5, 0.6) is 0 Å². The molecule has 1 spiro atoms. The molecule has 1 fully saturated rings. The van der Waals surface area contributed by atoms with Crippen LogP contribution in [0.2, 0.25) is 5.15 Å². The lowest BCUT2D eigenvalue weighted by atomic mass is 9.85. The van der Waals surface area contributed by atoms with E-state index in [1.807, 2.05) is 20.0 Å². The van der Waals surface area contributed by atoms with E-state index in [0.29, 0.717) is 18.4 Å². The molecular formula is C12H12ClN5O. The molecule has 0 aromatic carbocycles. The van der Waals surface area contributed by atoms with Crippen molar-refractivity contribution in [3.63, 3.8) is 0 Å². The minimum Gasteiger partial charge on any atom is -0.376 e. The highest BCUT2D eigenvalue weighted by molar-refractivity contribution is 6.32. The van der Waals surface area contributed by atoms with E-state index in [-0.39, 0.29) is 5.54 Å². The van der Waals surface area contributed by atoms with Crippen molar-refractivity contribution >= 4 is 17.3 Å². The summed E-state index contributed by atoms with van der Waals surface area (Å²) in [7, 11) is 1.82. The second-order valence-corrected chi connectivity index (χ2v) is 5.42. The van der Waals surface area contributed by atoms with Gasteiger partial charge in [0.15, 0.2) is 5.15 Å². The number of fused-ring (bicyclic) bond motifs is 4. The lowest BCUT2D eigenvalue weighted by molar-refractivity contribution is -0.0471. The average Bonchev–Trinajstić information content (AvgIpc) is 2.68. The molecule has 0 saturated carbocycles. The molecule has 4 rings (SSSR count). The number of pyridine rings is 1. The van der Waals surface area contributed by atoms with E-state index < -0.39 is 0 Å². The Morgan fingerprint density at radius 3 is 2.89 bits per heavy atom. The van der Waals surface area contributed by atoms with Crippen LogP contribution < -0.4 is 5.32 Å². The van der Waals surface area contributed by atoms with Crippen molar-refractivity contribution in [1.29, 1.82) is 0 Å². The fourth-order valence-electron chi connectivity index (χ4n) is 2.66. The summed E-state index contributed by atoms with van der Waals surface area (Å²) in [6.07, 6.45) is 0. The van der Waals surface area contributed by atoms with Crippen LogP contribution in [0.1, 0.15) is 11.4 Å². The molecule has 0 bridgehead atoms. The zero-order chi connectivity index (χ0) is 13.2. The predicted octanol–water partition coefficient (Wildman–Crippen LogP) is 1.49. The molecule has 0 atom stereocenters. The maximum atomic E-state index is 6.26. The SMILES string of the molecule is Cc1cc2c(c(Cl)n1)NC1(COC1)c1nn(C)nc1-2. The Morgan fingerprint density at radius 2 is 2.21 bits per heavy atom. The Morgan fingerprint density at radius 1 is 1.42 bits per heavy atom. The maximum absolute atomic E-state index is 6.26. The Balaban J connectivity index is 2.03. The zero-order valence-corrected chi connectivity index (χ0v) is 11.3. The number of rotatable bonds is 0. The molecule has 2 aliphatic heterocycles. The van der Waals surface area contributed by atoms with Gasteiger partial charge in [-0.15, -0.1) is 0 Å². The van der Waals surface area contributed by atoms with Gasteiger partial charge in [-0.05, 0) is 13.0 Å². The van der Waals surface area contributed by atoms with E-state index in [9.17, 15) is 0 Å². The number of aromatic nitrogens is 4. The number of anilines is 1. The topological polar surface area (TPSA) is 64.9 Å². The van der Waals surface area contributed by atoms with Gasteiger partial charge in [-0.1, -0.05) is 11.6 Å². The van der Waals surface area contributed by atoms with E-state index in [2.05, 4.69) is 20.5 Å². The summed E-state index contributed by atoms with van der Waals surface area (Å²) in [4.78, 5) is 5.89. The van der Waals surface area contributed by atoms with Crippen LogP contribution in [0.4, 0.5) is 5.69 Å². The quantitative estimate of drug-likeness (QED) is 0.739. The van der Waals surface area contributed by atoms with E-state index in [0.717, 1.165) is 28.3 Å². The molecular weight excluding hydrogens is 266 g/mol. The molecule has 4 heterocycles. The molecule has 0 radical (unpaired) electrons. The van der Waals surface area contributed by atoms with E-state index in [4.69, 9.17) is 16.3 Å². The molecule has 0 unspecified atom stereocenters. The van der Waals surface area contributed by atoms with Crippen LogP contribution in [-0.2, 0) is 17.3 Å². The van der Waals surface area contributed by atoms with Crippen LogP contribution in [0, 0.1) is 6.92 Å². The molecule has 1 saturated heterocycles.